The number of carbonyl (C=O) groups is 2. The zero-order valence-corrected chi connectivity index (χ0v) is 18.3. The second-order valence-electron chi connectivity index (χ2n) is 7.37. The molecule has 0 fully saturated rings. The second kappa shape index (κ2) is 9.25. The van der Waals surface area contributed by atoms with E-state index in [1.165, 1.54) is 27.7 Å². The summed E-state index contributed by atoms with van der Waals surface area (Å²) in [6, 6.07) is 15.2. The number of hydrogen-bond acceptors (Lipinski definition) is 4. The van der Waals surface area contributed by atoms with E-state index in [4.69, 9.17) is 0 Å². The first-order valence-corrected chi connectivity index (χ1v) is 10.0. The summed E-state index contributed by atoms with van der Waals surface area (Å²) in [6.45, 7) is 5.59. The number of allylic oxidation sites excluding steroid dienone is 4. The maximum atomic E-state index is 11.9. The Hall–Kier alpha value is -4.28. The van der Waals surface area contributed by atoms with Crippen molar-refractivity contribution in [1.29, 1.82) is 0 Å². The van der Waals surface area contributed by atoms with Crippen molar-refractivity contribution in [2.24, 2.45) is 0 Å². The van der Waals surface area contributed by atoms with Crippen LogP contribution in [-0.2, 0) is 9.59 Å². The van der Waals surface area contributed by atoms with Gasteiger partial charge in [-0.3, -0.25) is 9.59 Å². The van der Waals surface area contributed by atoms with Crippen molar-refractivity contribution in [3.8, 4) is 23.7 Å². The van der Waals surface area contributed by atoms with Crippen LogP contribution in [0.2, 0.25) is 0 Å². The van der Waals surface area contributed by atoms with Gasteiger partial charge in [0.2, 0.25) is 0 Å². The second-order valence-corrected chi connectivity index (χ2v) is 7.37. The zero-order valence-electron chi connectivity index (χ0n) is 18.3. The summed E-state index contributed by atoms with van der Waals surface area (Å²) in [4.78, 5) is 23.7. The quantitative estimate of drug-likeness (QED) is 0.246. The maximum absolute atomic E-state index is 11.9. The molecule has 3 rings (SSSR count). The molecule has 0 amide bonds. The summed E-state index contributed by atoms with van der Waals surface area (Å²) in [6.07, 6.45) is 0. The SMILES string of the molecule is CC(=O)C(C#Cc1c2ccccc2c(C#CC(C(C)=O)=C(C)O)c2ccccc12)=C(C)O. The van der Waals surface area contributed by atoms with Gasteiger partial charge in [-0.15, -0.1) is 0 Å². The van der Waals surface area contributed by atoms with Gasteiger partial charge in [0.25, 0.3) is 0 Å². The van der Waals surface area contributed by atoms with Gasteiger partial charge in [0, 0.05) is 11.1 Å². The molecule has 158 valence electrons. The van der Waals surface area contributed by atoms with Crippen molar-refractivity contribution >= 4 is 33.1 Å². The van der Waals surface area contributed by atoms with Gasteiger partial charge in [0.05, 0.1) is 0 Å². The predicted octanol–water partition coefficient (Wildman–Crippen LogP) is 5.54. The summed E-state index contributed by atoms with van der Waals surface area (Å²) >= 11 is 0. The van der Waals surface area contributed by atoms with Crippen LogP contribution in [-0.4, -0.2) is 21.8 Å². The fourth-order valence-corrected chi connectivity index (χ4v) is 3.51. The molecule has 0 aromatic heterocycles. The third kappa shape index (κ3) is 4.41. The molecule has 0 saturated heterocycles. The Labute approximate surface area is 186 Å². The lowest BCUT2D eigenvalue weighted by molar-refractivity contribution is -0.114. The normalized spacial score (nSPS) is 12.1. The molecule has 0 saturated carbocycles. The van der Waals surface area contributed by atoms with E-state index in [1.54, 1.807) is 0 Å². The van der Waals surface area contributed by atoms with Crippen molar-refractivity contribution in [2.75, 3.05) is 0 Å². The van der Waals surface area contributed by atoms with Gasteiger partial charge in [-0.25, -0.2) is 0 Å². The monoisotopic (exact) mass is 422 g/mol. The molecule has 3 aromatic rings. The van der Waals surface area contributed by atoms with E-state index >= 15 is 0 Å². The van der Waals surface area contributed by atoms with Gasteiger partial charge < -0.3 is 10.2 Å². The van der Waals surface area contributed by atoms with Crippen molar-refractivity contribution in [2.45, 2.75) is 27.7 Å². The van der Waals surface area contributed by atoms with Gasteiger partial charge in [-0.05, 0) is 49.2 Å². The molecule has 0 spiro atoms. The smallest absolute Gasteiger partial charge is 0.171 e. The Morgan fingerprint density at radius 2 is 0.875 bits per heavy atom. The summed E-state index contributed by atoms with van der Waals surface area (Å²) in [5.41, 5.74) is 1.55. The Kier molecular flexibility index (Phi) is 6.47. The third-order valence-corrected chi connectivity index (χ3v) is 4.98. The lowest BCUT2D eigenvalue weighted by Crippen LogP contribution is -1.98. The number of ketones is 2. The van der Waals surface area contributed by atoms with Crippen molar-refractivity contribution in [3.63, 3.8) is 0 Å². The minimum atomic E-state index is -0.309. The molecule has 0 bridgehead atoms. The first-order valence-electron chi connectivity index (χ1n) is 10.0. The van der Waals surface area contributed by atoms with Crippen LogP contribution in [0.25, 0.3) is 21.5 Å². The molecule has 2 N–H and O–H groups in total. The highest BCUT2D eigenvalue weighted by Gasteiger charge is 2.13. The van der Waals surface area contributed by atoms with Crippen LogP contribution in [0, 0.1) is 23.7 Å². The number of aliphatic hydroxyl groups is 2. The summed E-state index contributed by atoms with van der Waals surface area (Å²) in [5, 5.41) is 23.0. The van der Waals surface area contributed by atoms with Crippen molar-refractivity contribution in [1.82, 2.24) is 0 Å². The first kappa shape index (κ1) is 22.4. The minimum Gasteiger partial charge on any atom is -0.511 e. The molecular formula is C28H22O4. The van der Waals surface area contributed by atoms with E-state index in [2.05, 4.69) is 23.7 Å². The Morgan fingerprint density at radius 3 is 1.09 bits per heavy atom. The standard InChI is InChI=1S/C28H22O4/c1-17(29)21(18(2)30)13-15-27-23-9-5-7-11-25(23)28(26-12-8-6-10-24(26)27)16-14-22(19(3)31)20(4)32/h5-12,29,31H,1-4H3. The van der Waals surface area contributed by atoms with Crippen LogP contribution in [0.1, 0.15) is 38.8 Å². The molecule has 0 aliphatic rings. The molecule has 32 heavy (non-hydrogen) atoms. The van der Waals surface area contributed by atoms with Crippen LogP contribution >= 0.6 is 0 Å². The third-order valence-electron chi connectivity index (χ3n) is 4.98. The van der Waals surface area contributed by atoms with E-state index in [1.807, 2.05) is 48.5 Å². The van der Waals surface area contributed by atoms with Crippen LogP contribution in [0.4, 0.5) is 0 Å². The molecule has 0 heterocycles. The van der Waals surface area contributed by atoms with Crippen molar-refractivity contribution in [3.05, 3.63) is 82.3 Å². The van der Waals surface area contributed by atoms with Gasteiger partial charge in [-0.1, -0.05) is 72.2 Å². The lowest BCUT2D eigenvalue weighted by Gasteiger charge is -2.10. The highest BCUT2D eigenvalue weighted by molar-refractivity contribution is 6.10. The predicted molar refractivity (Wildman–Crippen MR) is 127 cm³/mol. The summed E-state index contributed by atoms with van der Waals surface area (Å²) in [5.74, 6) is 11.0. The average molecular weight is 422 g/mol. The first-order chi connectivity index (χ1) is 15.2. The number of Topliss-reactive ketones (excluding diaryl/α,β-unsaturated/α-hetero) is 2. The zero-order chi connectivity index (χ0) is 23.4. The largest absolute Gasteiger partial charge is 0.511 e. The fourth-order valence-electron chi connectivity index (χ4n) is 3.51. The minimum absolute atomic E-state index is 0.0664. The van der Waals surface area contributed by atoms with Gasteiger partial charge >= 0.3 is 0 Å². The molecule has 0 aliphatic heterocycles. The number of fused-ring (bicyclic) bond motifs is 2. The molecule has 0 unspecified atom stereocenters. The molecule has 0 atom stereocenters. The Morgan fingerprint density at radius 1 is 0.594 bits per heavy atom. The van der Waals surface area contributed by atoms with E-state index < -0.39 is 0 Å². The molecular weight excluding hydrogens is 400 g/mol. The average Bonchev–Trinajstić information content (AvgIpc) is 2.73. The van der Waals surface area contributed by atoms with E-state index in [0.717, 1.165) is 21.5 Å². The highest BCUT2D eigenvalue weighted by atomic mass is 16.3. The summed E-state index contributed by atoms with van der Waals surface area (Å²) < 4.78 is 0. The number of carbonyl (C=O) groups excluding carboxylic acids is 2. The van der Waals surface area contributed by atoms with Crippen LogP contribution < -0.4 is 0 Å². The molecule has 4 nitrogen and oxygen atoms in total. The van der Waals surface area contributed by atoms with Crippen molar-refractivity contribution < 1.29 is 19.8 Å². The molecule has 4 heteroatoms. The van der Waals surface area contributed by atoms with E-state index in [9.17, 15) is 19.8 Å². The Bertz CT molecular complexity index is 1280. The lowest BCUT2D eigenvalue weighted by atomic mass is 9.91. The van der Waals surface area contributed by atoms with E-state index in [-0.39, 0.29) is 34.2 Å². The van der Waals surface area contributed by atoms with Crippen LogP contribution in [0.3, 0.4) is 0 Å². The molecule has 0 aliphatic carbocycles. The van der Waals surface area contributed by atoms with E-state index in [0.29, 0.717) is 11.1 Å². The fraction of sp³-hybridized carbons (Fsp3) is 0.143. The van der Waals surface area contributed by atoms with Crippen LogP contribution in [0.15, 0.2) is 71.2 Å². The highest BCUT2D eigenvalue weighted by Crippen LogP contribution is 2.32. The summed E-state index contributed by atoms with van der Waals surface area (Å²) in [7, 11) is 0. The number of benzene rings is 3. The topological polar surface area (TPSA) is 74.6 Å². The molecule has 0 radical (unpaired) electrons. The van der Waals surface area contributed by atoms with Gasteiger partial charge in [0.1, 0.15) is 22.7 Å². The van der Waals surface area contributed by atoms with Gasteiger partial charge in [0.15, 0.2) is 11.6 Å². The van der Waals surface area contributed by atoms with Gasteiger partial charge in [-0.2, -0.15) is 0 Å². The molecule has 3 aromatic carbocycles. The number of rotatable bonds is 2. The number of hydrogen-bond donors (Lipinski definition) is 2. The number of aliphatic hydroxyl groups excluding tert-OH is 2. The maximum Gasteiger partial charge on any atom is 0.171 e. The Balaban J connectivity index is 2.43. The van der Waals surface area contributed by atoms with Crippen LogP contribution in [0.5, 0.6) is 0 Å².